The highest BCUT2D eigenvalue weighted by molar-refractivity contribution is 5.83. The van der Waals surface area contributed by atoms with Gasteiger partial charge in [-0.15, -0.1) is 0 Å². The third-order valence-corrected chi connectivity index (χ3v) is 4.44. The largest absolute Gasteiger partial charge is 0.497 e. The molecule has 23 heavy (non-hydrogen) atoms. The first-order chi connectivity index (χ1) is 10.9. The Bertz CT molecular complexity index is 629. The number of aliphatic carboxylic acids is 1. The van der Waals surface area contributed by atoms with Crippen LogP contribution in [0.2, 0.25) is 0 Å². The molecule has 0 saturated heterocycles. The predicted octanol–water partition coefficient (Wildman–Crippen LogP) is 3.29. The van der Waals surface area contributed by atoms with Crippen LogP contribution in [-0.4, -0.2) is 31.3 Å². The summed E-state index contributed by atoms with van der Waals surface area (Å²) < 4.78 is 10.0. The van der Waals surface area contributed by atoms with Crippen molar-refractivity contribution in [3.8, 4) is 5.75 Å². The van der Waals surface area contributed by atoms with Crippen molar-refractivity contribution >= 4 is 17.5 Å². The molecule has 1 aromatic carbocycles. The number of methoxy groups -OCH3 is 2. The van der Waals surface area contributed by atoms with E-state index in [9.17, 15) is 14.7 Å². The van der Waals surface area contributed by atoms with Crippen LogP contribution in [0.25, 0.3) is 5.57 Å². The fourth-order valence-electron chi connectivity index (χ4n) is 3.16. The van der Waals surface area contributed by atoms with Crippen molar-refractivity contribution in [3.63, 3.8) is 0 Å². The zero-order valence-corrected chi connectivity index (χ0v) is 13.7. The maximum Gasteiger partial charge on any atom is 0.311 e. The van der Waals surface area contributed by atoms with Crippen molar-refractivity contribution in [2.45, 2.75) is 32.6 Å². The van der Waals surface area contributed by atoms with Gasteiger partial charge >= 0.3 is 11.9 Å². The monoisotopic (exact) mass is 318 g/mol. The molecular weight excluding hydrogens is 296 g/mol. The summed E-state index contributed by atoms with van der Waals surface area (Å²) in [5, 5.41) is 9.21. The maximum absolute atomic E-state index is 12.0. The molecule has 0 amide bonds. The summed E-state index contributed by atoms with van der Waals surface area (Å²) >= 11 is 0. The van der Waals surface area contributed by atoms with E-state index < -0.39 is 11.4 Å². The summed E-state index contributed by atoms with van der Waals surface area (Å²) in [5.74, 6) is -0.418. The molecule has 2 rings (SSSR count). The highest BCUT2D eigenvalue weighted by atomic mass is 16.5. The van der Waals surface area contributed by atoms with Gasteiger partial charge in [0.05, 0.1) is 26.1 Å². The number of benzene rings is 1. The first-order valence-electron chi connectivity index (χ1n) is 7.55. The fraction of sp³-hybridized carbons (Fsp3) is 0.444. The minimum absolute atomic E-state index is 0.0616. The van der Waals surface area contributed by atoms with Gasteiger partial charge in [-0.3, -0.25) is 9.59 Å². The number of rotatable bonds is 5. The lowest BCUT2D eigenvalue weighted by atomic mass is 9.71. The maximum atomic E-state index is 12.0. The molecule has 1 atom stereocenters. The van der Waals surface area contributed by atoms with Gasteiger partial charge < -0.3 is 14.6 Å². The number of hydrogen-bond donors (Lipinski definition) is 1. The van der Waals surface area contributed by atoms with Crippen molar-refractivity contribution in [2.24, 2.45) is 5.41 Å². The molecule has 0 heterocycles. The first kappa shape index (κ1) is 17.1. The van der Waals surface area contributed by atoms with Gasteiger partial charge in [-0.1, -0.05) is 17.7 Å². The molecule has 1 aromatic rings. The Balaban J connectivity index is 2.39. The Labute approximate surface area is 135 Å². The van der Waals surface area contributed by atoms with Crippen LogP contribution in [0.4, 0.5) is 0 Å². The Kier molecular flexibility index (Phi) is 5.08. The number of carboxylic acids is 1. The van der Waals surface area contributed by atoms with Crippen molar-refractivity contribution in [3.05, 3.63) is 35.4 Å². The van der Waals surface area contributed by atoms with E-state index in [4.69, 9.17) is 9.47 Å². The van der Waals surface area contributed by atoms with Crippen LogP contribution in [-0.2, 0) is 14.3 Å². The molecule has 124 valence electrons. The highest BCUT2D eigenvalue weighted by Crippen LogP contribution is 2.44. The number of carbonyl (C=O) groups excluding carboxylic acids is 1. The summed E-state index contributed by atoms with van der Waals surface area (Å²) in [6.45, 7) is 1.84. The van der Waals surface area contributed by atoms with Gasteiger partial charge in [0.1, 0.15) is 5.75 Å². The van der Waals surface area contributed by atoms with Crippen molar-refractivity contribution < 1.29 is 24.2 Å². The highest BCUT2D eigenvalue weighted by Gasteiger charge is 2.39. The van der Waals surface area contributed by atoms with E-state index in [0.717, 1.165) is 22.5 Å². The lowest BCUT2D eigenvalue weighted by Crippen LogP contribution is -2.32. The Morgan fingerprint density at radius 1 is 1.22 bits per heavy atom. The lowest BCUT2D eigenvalue weighted by Gasteiger charge is -2.34. The number of carbonyl (C=O) groups is 2. The molecule has 0 aliphatic heterocycles. The molecule has 1 unspecified atom stereocenters. The average molecular weight is 318 g/mol. The summed E-state index contributed by atoms with van der Waals surface area (Å²) in [4.78, 5) is 23.3. The smallest absolute Gasteiger partial charge is 0.311 e. The Morgan fingerprint density at radius 2 is 1.87 bits per heavy atom. The SMILES string of the molecule is COC(=O)C1(C)CCC(c2ccc(OC)cc2)=C(CC(=O)O)C1. The molecule has 5 heteroatoms. The van der Waals surface area contributed by atoms with Crippen molar-refractivity contribution in [1.82, 2.24) is 0 Å². The molecule has 1 aliphatic carbocycles. The third-order valence-electron chi connectivity index (χ3n) is 4.44. The molecule has 1 aliphatic rings. The van der Waals surface area contributed by atoms with Gasteiger partial charge in [0.15, 0.2) is 0 Å². The van der Waals surface area contributed by atoms with E-state index in [1.807, 2.05) is 31.2 Å². The zero-order chi connectivity index (χ0) is 17.0. The van der Waals surface area contributed by atoms with Gasteiger partial charge in [0.25, 0.3) is 0 Å². The summed E-state index contributed by atoms with van der Waals surface area (Å²) in [6, 6.07) is 7.57. The molecule has 0 spiro atoms. The number of allylic oxidation sites excluding steroid dienone is 1. The zero-order valence-electron chi connectivity index (χ0n) is 13.7. The lowest BCUT2D eigenvalue weighted by molar-refractivity contribution is -0.152. The van der Waals surface area contributed by atoms with E-state index in [0.29, 0.717) is 19.3 Å². The van der Waals surface area contributed by atoms with Crippen LogP contribution in [0.5, 0.6) is 5.75 Å². The van der Waals surface area contributed by atoms with Crippen molar-refractivity contribution in [1.29, 1.82) is 0 Å². The van der Waals surface area contributed by atoms with Gasteiger partial charge in [-0.05, 0) is 49.5 Å². The second kappa shape index (κ2) is 6.86. The third kappa shape index (κ3) is 3.73. The van der Waals surface area contributed by atoms with Crippen LogP contribution in [0.1, 0.15) is 38.2 Å². The van der Waals surface area contributed by atoms with Crippen LogP contribution in [0.15, 0.2) is 29.8 Å². The summed E-state index contributed by atoms with van der Waals surface area (Å²) in [5.41, 5.74) is 2.13. The standard InChI is InChI=1S/C18H22O5/c1-18(17(21)23-3)9-8-15(13(11-18)10-16(19)20)12-4-6-14(22-2)7-5-12/h4-7H,8-11H2,1-3H3,(H,19,20). The quantitative estimate of drug-likeness (QED) is 0.843. The topological polar surface area (TPSA) is 72.8 Å². The summed E-state index contributed by atoms with van der Waals surface area (Å²) in [6.07, 6.45) is 1.64. The second-order valence-corrected chi connectivity index (χ2v) is 6.11. The van der Waals surface area contributed by atoms with E-state index in [2.05, 4.69) is 0 Å². The van der Waals surface area contributed by atoms with Gasteiger partial charge in [-0.2, -0.15) is 0 Å². The Hall–Kier alpha value is -2.30. The average Bonchev–Trinajstić information content (AvgIpc) is 2.54. The molecule has 5 nitrogen and oxygen atoms in total. The number of esters is 1. The Morgan fingerprint density at radius 3 is 2.39 bits per heavy atom. The van der Waals surface area contributed by atoms with Crippen LogP contribution >= 0.6 is 0 Å². The van der Waals surface area contributed by atoms with Crippen LogP contribution in [0.3, 0.4) is 0 Å². The first-order valence-corrected chi connectivity index (χ1v) is 7.55. The molecule has 0 aromatic heterocycles. The van der Waals surface area contributed by atoms with E-state index in [-0.39, 0.29) is 12.4 Å². The van der Waals surface area contributed by atoms with Gasteiger partial charge in [0.2, 0.25) is 0 Å². The predicted molar refractivity (Wildman–Crippen MR) is 86.1 cm³/mol. The molecule has 0 bridgehead atoms. The van der Waals surface area contributed by atoms with Crippen LogP contribution in [0, 0.1) is 5.41 Å². The molecule has 1 N–H and O–H groups in total. The van der Waals surface area contributed by atoms with Gasteiger partial charge in [0, 0.05) is 0 Å². The molecule has 0 saturated carbocycles. The van der Waals surface area contributed by atoms with E-state index in [1.165, 1.54) is 7.11 Å². The minimum Gasteiger partial charge on any atom is -0.497 e. The number of hydrogen-bond acceptors (Lipinski definition) is 4. The van der Waals surface area contributed by atoms with E-state index >= 15 is 0 Å². The molecule has 0 radical (unpaired) electrons. The minimum atomic E-state index is -0.889. The fourth-order valence-corrected chi connectivity index (χ4v) is 3.16. The van der Waals surface area contributed by atoms with Crippen LogP contribution < -0.4 is 4.74 Å². The van der Waals surface area contributed by atoms with Crippen molar-refractivity contribution in [2.75, 3.05) is 14.2 Å². The number of carboxylic acid groups (broad SMARTS) is 1. The second-order valence-electron chi connectivity index (χ2n) is 6.11. The normalized spacial score (nSPS) is 21.0. The summed E-state index contributed by atoms with van der Waals surface area (Å²) in [7, 11) is 2.97. The molecular formula is C18H22O5. The van der Waals surface area contributed by atoms with Gasteiger partial charge in [-0.25, -0.2) is 0 Å². The number of ether oxygens (including phenoxy) is 2. The van der Waals surface area contributed by atoms with E-state index in [1.54, 1.807) is 7.11 Å². The molecule has 0 fully saturated rings.